The molecular formula is C7H16N2O3. The summed E-state index contributed by atoms with van der Waals surface area (Å²) in [6.45, 7) is 0.0234. The first-order valence-corrected chi connectivity index (χ1v) is 3.79. The van der Waals surface area contributed by atoms with Gasteiger partial charge in [-0.2, -0.15) is 0 Å². The van der Waals surface area contributed by atoms with Gasteiger partial charge in [0, 0.05) is 0 Å². The first-order chi connectivity index (χ1) is 5.60. The lowest BCUT2D eigenvalue weighted by molar-refractivity contribution is -0.149. The highest BCUT2D eigenvalue weighted by atomic mass is 16.5. The van der Waals surface area contributed by atoms with E-state index in [0.717, 1.165) is 0 Å². The van der Waals surface area contributed by atoms with Gasteiger partial charge in [0.25, 0.3) is 0 Å². The molecular weight excluding hydrogens is 160 g/mol. The third-order valence-electron chi connectivity index (χ3n) is 1.70. The third kappa shape index (κ3) is 2.77. The third-order valence-corrected chi connectivity index (χ3v) is 1.70. The maximum atomic E-state index is 11.0. The summed E-state index contributed by atoms with van der Waals surface area (Å²) in [5.41, 5.74) is 9.52. The fourth-order valence-corrected chi connectivity index (χ4v) is 0.866. The van der Waals surface area contributed by atoms with Crippen molar-refractivity contribution in [2.45, 2.75) is 18.4 Å². The SMILES string of the molecule is COC(=O)[C@@](N)(CO)CCCN. The standard InChI is InChI=1S/C7H16N2O3/c1-12-6(11)7(9,5-10)3-2-4-8/h10H,2-5,8-9H2,1H3/t7-/m0/s1. The van der Waals surface area contributed by atoms with Crippen LogP contribution in [0.5, 0.6) is 0 Å². The van der Waals surface area contributed by atoms with Crippen LogP contribution in [0.25, 0.3) is 0 Å². The maximum Gasteiger partial charge on any atom is 0.328 e. The van der Waals surface area contributed by atoms with Crippen LogP contribution < -0.4 is 11.5 Å². The predicted molar refractivity (Wildman–Crippen MR) is 44.3 cm³/mol. The second-order valence-electron chi connectivity index (χ2n) is 2.70. The minimum absolute atomic E-state index is 0.340. The summed E-state index contributed by atoms with van der Waals surface area (Å²) in [6.07, 6.45) is 0.929. The molecule has 0 aliphatic carbocycles. The lowest BCUT2D eigenvalue weighted by Crippen LogP contribution is -2.52. The quantitative estimate of drug-likeness (QED) is 0.447. The molecule has 5 N–H and O–H groups in total. The van der Waals surface area contributed by atoms with E-state index in [1.165, 1.54) is 7.11 Å². The van der Waals surface area contributed by atoms with Gasteiger partial charge in [-0.1, -0.05) is 0 Å². The number of hydrogen-bond acceptors (Lipinski definition) is 5. The molecule has 0 saturated carbocycles. The van der Waals surface area contributed by atoms with Crippen molar-refractivity contribution in [1.29, 1.82) is 0 Å². The van der Waals surface area contributed by atoms with Crippen molar-refractivity contribution >= 4 is 5.97 Å². The normalized spacial score (nSPS) is 15.3. The fraction of sp³-hybridized carbons (Fsp3) is 0.857. The van der Waals surface area contributed by atoms with Crippen LogP contribution in [0.15, 0.2) is 0 Å². The molecule has 0 aromatic heterocycles. The average molecular weight is 176 g/mol. The molecule has 0 aliphatic rings. The van der Waals surface area contributed by atoms with Gasteiger partial charge in [0.15, 0.2) is 0 Å². The molecule has 0 aromatic carbocycles. The molecule has 0 saturated heterocycles. The van der Waals surface area contributed by atoms with Crippen molar-refractivity contribution in [3.63, 3.8) is 0 Å². The van der Waals surface area contributed by atoms with Crippen molar-refractivity contribution in [3.05, 3.63) is 0 Å². The summed E-state index contributed by atoms with van der Waals surface area (Å²) in [5, 5.41) is 8.85. The highest BCUT2D eigenvalue weighted by molar-refractivity contribution is 5.80. The van der Waals surface area contributed by atoms with Crippen LogP contribution in [0.1, 0.15) is 12.8 Å². The summed E-state index contributed by atoms with van der Waals surface area (Å²) < 4.78 is 4.44. The predicted octanol–water partition coefficient (Wildman–Crippen LogP) is -1.41. The van der Waals surface area contributed by atoms with Crippen LogP contribution in [0.2, 0.25) is 0 Å². The van der Waals surface area contributed by atoms with Crippen LogP contribution in [0, 0.1) is 0 Å². The zero-order valence-corrected chi connectivity index (χ0v) is 7.25. The van der Waals surface area contributed by atoms with Gasteiger partial charge in [-0.3, -0.25) is 0 Å². The van der Waals surface area contributed by atoms with Crippen LogP contribution >= 0.6 is 0 Å². The minimum atomic E-state index is -1.28. The minimum Gasteiger partial charge on any atom is -0.468 e. The number of ether oxygens (including phenoxy) is 1. The smallest absolute Gasteiger partial charge is 0.328 e. The molecule has 72 valence electrons. The van der Waals surface area contributed by atoms with Gasteiger partial charge in [-0.25, -0.2) is 4.79 Å². The Bertz CT molecular complexity index is 152. The van der Waals surface area contributed by atoms with Gasteiger partial charge in [0.2, 0.25) is 0 Å². The summed E-state index contributed by atoms with van der Waals surface area (Å²) in [4.78, 5) is 11.0. The molecule has 5 heteroatoms. The van der Waals surface area contributed by atoms with E-state index in [0.29, 0.717) is 19.4 Å². The highest BCUT2D eigenvalue weighted by Crippen LogP contribution is 2.10. The summed E-state index contributed by atoms with van der Waals surface area (Å²) in [7, 11) is 1.24. The van der Waals surface area contributed by atoms with Crippen LogP contribution in [-0.4, -0.2) is 36.9 Å². The molecule has 0 spiro atoms. The second kappa shape index (κ2) is 5.08. The Morgan fingerprint density at radius 1 is 1.67 bits per heavy atom. The van der Waals surface area contributed by atoms with E-state index in [4.69, 9.17) is 16.6 Å². The first-order valence-electron chi connectivity index (χ1n) is 3.79. The van der Waals surface area contributed by atoms with E-state index >= 15 is 0 Å². The molecule has 0 aliphatic heterocycles. The van der Waals surface area contributed by atoms with E-state index in [1.807, 2.05) is 0 Å². The Kier molecular flexibility index (Phi) is 4.80. The summed E-state index contributed by atoms with van der Waals surface area (Å²) in [6, 6.07) is 0. The molecule has 0 fully saturated rings. The Morgan fingerprint density at radius 3 is 2.58 bits per heavy atom. The number of carbonyl (C=O) groups is 1. The van der Waals surface area contributed by atoms with Gasteiger partial charge in [-0.15, -0.1) is 0 Å². The Morgan fingerprint density at radius 2 is 2.25 bits per heavy atom. The zero-order chi connectivity index (χ0) is 9.61. The number of hydrogen-bond donors (Lipinski definition) is 3. The average Bonchev–Trinajstić information content (AvgIpc) is 2.12. The van der Waals surface area contributed by atoms with Crippen molar-refractivity contribution in [2.24, 2.45) is 11.5 Å². The number of aliphatic hydroxyl groups is 1. The Balaban J connectivity index is 4.13. The van der Waals surface area contributed by atoms with E-state index in [-0.39, 0.29) is 0 Å². The van der Waals surface area contributed by atoms with Crippen molar-refractivity contribution in [2.75, 3.05) is 20.3 Å². The molecule has 12 heavy (non-hydrogen) atoms. The molecule has 0 aromatic rings. The molecule has 1 atom stereocenters. The number of aliphatic hydroxyl groups excluding tert-OH is 1. The van der Waals surface area contributed by atoms with Gasteiger partial charge in [0.1, 0.15) is 5.54 Å². The second-order valence-corrected chi connectivity index (χ2v) is 2.70. The lowest BCUT2D eigenvalue weighted by atomic mass is 9.96. The largest absolute Gasteiger partial charge is 0.468 e. The zero-order valence-electron chi connectivity index (χ0n) is 7.25. The summed E-state index contributed by atoms with van der Waals surface area (Å²) >= 11 is 0. The van der Waals surface area contributed by atoms with Crippen molar-refractivity contribution in [1.82, 2.24) is 0 Å². The first kappa shape index (κ1) is 11.4. The van der Waals surface area contributed by atoms with Crippen LogP contribution in [0.4, 0.5) is 0 Å². The van der Waals surface area contributed by atoms with Crippen LogP contribution in [-0.2, 0) is 9.53 Å². The van der Waals surface area contributed by atoms with Gasteiger partial charge >= 0.3 is 5.97 Å². The lowest BCUT2D eigenvalue weighted by Gasteiger charge is -2.23. The molecule has 0 amide bonds. The topological polar surface area (TPSA) is 98.6 Å². The van der Waals surface area contributed by atoms with Gasteiger partial charge < -0.3 is 21.3 Å². The number of rotatable bonds is 5. The fourth-order valence-electron chi connectivity index (χ4n) is 0.866. The van der Waals surface area contributed by atoms with E-state index in [1.54, 1.807) is 0 Å². The van der Waals surface area contributed by atoms with Gasteiger partial charge in [-0.05, 0) is 19.4 Å². The molecule has 0 unspecified atom stereocenters. The van der Waals surface area contributed by atoms with Crippen LogP contribution in [0.3, 0.4) is 0 Å². The van der Waals surface area contributed by atoms with E-state index < -0.39 is 18.1 Å². The van der Waals surface area contributed by atoms with Crippen molar-refractivity contribution < 1.29 is 14.6 Å². The van der Waals surface area contributed by atoms with Crippen molar-refractivity contribution in [3.8, 4) is 0 Å². The Hall–Kier alpha value is -0.650. The monoisotopic (exact) mass is 176 g/mol. The molecule has 0 heterocycles. The number of nitrogens with two attached hydrogens (primary N) is 2. The number of carbonyl (C=O) groups excluding carboxylic acids is 1. The molecule has 0 radical (unpaired) electrons. The van der Waals surface area contributed by atoms with Gasteiger partial charge in [0.05, 0.1) is 13.7 Å². The van der Waals surface area contributed by atoms with E-state index in [9.17, 15) is 4.79 Å². The maximum absolute atomic E-state index is 11.0. The number of methoxy groups -OCH3 is 1. The molecule has 5 nitrogen and oxygen atoms in total. The highest BCUT2D eigenvalue weighted by Gasteiger charge is 2.33. The van der Waals surface area contributed by atoms with E-state index in [2.05, 4.69) is 4.74 Å². The Labute approximate surface area is 71.7 Å². The number of esters is 1. The molecule has 0 bridgehead atoms. The molecule has 0 rings (SSSR count). The summed E-state index contributed by atoms with van der Waals surface area (Å²) in [5.74, 6) is -0.599.